The molecule has 1 spiro atoms. The number of aromatic nitrogens is 4. The summed E-state index contributed by atoms with van der Waals surface area (Å²) in [6.07, 6.45) is 11.7. The van der Waals surface area contributed by atoms with Gasteiger partial charge in [0, 0.05) is 41.4 Å². The van der Waals surface area contributed by atoms with Gasteiger partial charge in [0.1, 0.15) is 5.69 Å². The number of pyridine rings is 1. The minimum absolute atomic E-state index is 0.194. The molecule has 4 heterocycles. The first-order valence-electron chi connectivity index (χ1n) is 12.8. The summed E-state index contributed by atoms with van der Waals surface area (Å²) in [7, 11) is 0. The molecule has 2 fully saturated rings. The lowest BCUT2D eigenvalue weighted by Gasteiger charge is -2.32. The van der Waals surface area contributed by atoms with E-state index in [-0.39, 0.29) is 25.9 Å². The first kappa shape index (κ1) is 23.1. The van der Waals surface area contributed by atoms with Gasteiger partial charge >= 0.3 is 0 Å². The van der Waals surface area contributed by atoms with Crippen LogP contribution in [0.1, 0.15) is 50.5 Å². The van der Waals surface area contributed by atoms with Gasteiger partial charge in [0.05, 0.1) is 23.8 Å². The predicted molar refractivity (Wildman–Crippen MR) is 142 cm³/mol. The highest BCUT2D eigenvalue weighted by Gasteiger charge is 2.43. The highest BCUT2D eigenvalue weighted by molar-refractivity contribution is 9.10. The van der Waals surface area contributed by atoms with E-state index in [1.54, 1.807) is 6.26 Å². The molecule has 6 nitrogen and oxygen atoms in total. The van der Waals surface area contributed by atoms with Gasteiger partial charge in [-0.15, -0.1) is 5.10 Å². The number of alkyl halides is 2. The largest absolute Gasteiger partial charge is 0.460 e. The highest BCUT2D eigenvalue weighted by Crippen LogP contribution is 2.56. The van der Waals surface area contributed by atoms with Crippen molar-refractivity contribution >= 4 is 38.3 Å². The van der Waals surface area contributed by atoms with E-state index in [2.05, 4.69) is 44.5 Å². The highest BCUT2D eigenvalue weighted by atomic mass is 79.9. The summed E-state index contributed by atoms with van der Waals surface area (Å²) >= 11 is 3.64. The fourth-order valence-corrected chi connectivity index (χ4v) is 5.99. The maximum atomic E-state index is 13.8. The average molecular weight is 566 g/mol. The molecule has 9 heteroatoms. The third-order valence-corrected chi connectivity index (χ3v) is 8.68. The topological polar surface area (TPSA) is 60.0 Å². The van der Waals surface area contributed by atoms with Gasteiger partial charge in [0.15, 0.2) is 11.4 Å². The quantitative estimate of drug-likeness (QED) is 0.257. The van der Waals surface area contributed by atoms with E-state index in [0.29, 0.717) is 28.2 Å². The van der Waals surface area contributed by atoms with E-state index in [1.807, 2.05) is 34.0 Å². The van der Waals surface area contributed by atoms with E-state index >= 15 is 0 Å². The summed E-state index contributed by atoms with van der Waals surface area (Å²) < 4.78 is 36.1. The van der Waals surface area contributed by atoms with Crippen LogP contribution >= 0.6 is 15.9 Å². The first-order chi connectivity index (χ1) is 17.9. The van der Waals surface area contributed by atoms with Crippen molar-refractivity contribution in [3.05, 3.63) is 58.9 Å². The molecule has 0 N–H and O–H groups in total. The third kappa shape index (κ3) is 4.27. The second-order valence-electron chi connectivity index (χ2n) is 10.7. The number of hydrogen-bond donors (Lipinski definition) is 0. The van der Waals surface area contributed by atoms with Crippen molar-refractivity contribution in [1.29, 1.82) is 0 Å². The molecule has 4 aromatic rings. The van der Waals surface area contributed by atoms with Crippen molar-refractivity contribution in [1.82, 2.24) is 20.0 Å². The van der Waals surface area contributed by atoms with Gasteiger partial charge in [0.2, 0.25) is 0 Å². The van der Waals surface area contributed by atoms with Crippen molar-refractivity contribution in [3.63, 3.8) is 0 Å². The van der Waals surface area contributed by atoms with Gasteiger partial charge in [-0.25, -0.2) is 18.4 Å². The van der Waals surface area contributed by atoms with Gasteiger partial charge < -0.3 is 9.32 Å². The molecule has 0 bridgehead atoms. The van der Waals surface area contributed by atoms with Crippen molar-refractivity contribution < 1.29 is 13.2 Å². The second kappa shape index (κ2) is 8.48. The SMILES string of the molecule is FC1(F)CCN(c2nc(-c3cn(-c4ccc(Br)cc4C4=CCC5(CC4)CC5)nn3)cc3ccoc23)CC1. The van der Waals surface area contributed by atoms with Gasteiger partial charge in [-0.1, -0.05) is 27.2 Å². The number of anilines is 1. The maximum Gasteiger partial charge on any atom is 0.251 e. The number of allylic oxidation sites excluding steroid dienone is 2. The lowest BCUT2D eigenvalue weighted by Crippen LogP contribution is -2.39. The minimum Gasteiger partial charge on any atom is -0.460 e. The number of nitrogens with zero attached hydrogens (tertiary/aromatic N) is 5. The molecule has 7 rings (SSSR count). The lowest BCUT2D eigenvalue weighted by atomic mass is 9.84. The van der Waals surface area contributed by atoms with Gasteiger partial charge in [0.25, 0.3) is 5.92 Å². The molecule has 0 amide bonds. The summed E-state index contributed by atoms with van der Waals surface area (Å²) in [6.45, 7) is 0.454. The summed E-state index contributed by atoms with van der Waals surface area (Å²) in [4.78, 5) is 6.70. The number of hydrogen-bond acceptors (Lipinski definition) is 5. The lowest BCUT2D eigenvalue weighted by molar-refractivity contribution is -0.0221. The fourth-order valence-electron chi connectivity index (χ4n) is 5.63. The van der Waals surface area contributed by atoms with E-state index in [0.717, 1.165) is 34.0 Å². The van der Waals surface area contributed by atoms with Gasteiger partial charge in [-0.3, -0.25) is 0 Å². The predicted octanol–water partition coefficient (Wildman–Crippen LogP) is 7.42. The molecule has 1 aliphatic heterocycles. The minimum atomic E-state index is -2.63. The first-order valence-corrected chi connectivity index (χ1v) is 13.6. The van der Waals surface area contributed by atoms with Crippen LogP contribution in [0.4, 0.5) is 14.6 Å². The Morgan fingerprint density at radius 1 is 0.973 bits per heavy atom. The number of furan rings is 1. The van der Waals surface area contributed by atoms with Crippen LogP contribution in [0, 0.1) is 5.41 Å². The van der Waals surface area contributed by atoms with Gasteiger partial charge in [-0.2, -0.15) is 0 Å². The van der Waals surface area contributed by atoms with E-state index in [9.17, 15) is 8.78 Å². The van der Waals surface area contributed by atoms with Crippen LogP contribution in [0.25, 0.3) is 33.6 Å². The Bertz CT molecular complexity index is 1530. The van der Waals surface area contributed by atoms with Crippen LogP contribution in [0.5, 0.6) is 0 Å². The zero-order valence-electron chi connectivity index (χ0n) is 20.3. The fraction of sp³-hybridized carbons (Fsp3) is 0.393. The number of piperidine rings is 1. The van der Waals surface area contributed by atoms with Crippen molar-refractivity contribution in [2.45, 2.75) is 50.9 Å². The molecule has 1 aromatic carbocycles. The van der Waals surface area contributed by atoms with Gasteiger partial charge in [-0.05, 0) is 73.4 Å². The smallest absolute Gasteiger partial charge is 0.251 e. The zero-order valence-corrected chi connectivity index (χ0v) is 21.8. The molecule has 0 atom stereocenters. The monoisotopic (exact) mass is 565 g/mol. The molecule has 37 heavy (non-hydrogen) atoms. The molecule has 1 saturated heterocycles. The molecule has 3 aliphatic rings. The Kier molecular flexibility index (Phi) is 5.29. The second-order valence-corrected chi connectivity index (χ2v) is 11.6. The summed E-state index contributed by atoms with van der Waals surface area (Å²) in [5.41, 5.74) is 5.92. The Labute approximate surface area is 221 Å². The molecule has 3 aromatic heterocycles. The van der Waals surface area contributed by atoms with Crippen LogP contribution in [0.3, 0.4) is 0 Å². The Hall–Kier alpha value is -3.07. The van der Waals surface area contributed by atoms with Crippen LogP contribution in [0.2, 0.25) is 0 Å². The number of fused-ring (bicyclic) bond motifs is 1. The van der Waals surface area contributed by atoms with Crippen molar-refractivity contribution in [2.24, 2.45) is 5.41 Å². The molecule has 2 aliphatic carbocycles. The molecule has 0 radical (unpaired) electrons. The molecular weight excluding hydrogens is 540 g/mol. The average Bonchev–Trinajstić information content (AvgIpc) is 3.27. The zero-order chi connectivity index (χ0) is 25.2. The number of rotatable bonds is 4. The van der Waals surface area contributed by atoms with Crippen molar-refractivity contribution in [3.8, 4) is 17.1 Å². The Morgan fingerprint density at radius 3 is 2.57 bits per heavy atom. The molecule has 0 unspecified atom stereocenters. The normalized spacial score (nSPS) is 20.4. The van der Waals surface area contributed by atoms with Crippen LogP contribution < -0.4 is 4.90 Å². The van der Waals surface area contributed by atoms with E-state index < -0.39 is 5.92 Å². The molecule has 1 saturated carbocycles. The Balaban J connectivity index is 1.24. The van der Waals surface area contributed by atoms with Crippen LogP contribution in [-0.4, -0.2) is 39.0 Å². The summed E-state index contributed by atoms with van der Waals surface area (Å²) in [5.74, 6) is -2.05. The Morgan fingerprint density at radius 2 is 1.81 bits per heavy atom. The number of benzene rings is 1. The third-order valence-electron chi connectivity index (χ3n) is 8.18. The standard InChI is InChI=1S/C28H26BrF2N5O/c29-20-1-2-24(21(16-20)18-3-6-27(7-4-18)8-9-27)36-17-23(33-34-36)22-15-19-5-14-37-25(19)26(32-22)35-12-10-28(30,31)11-13-35/h1-3,5,14-17H,4,6-13H2. The van der Waals surface area contributed by atoms with E-state index in [1.165, 1.54) is 24.8 Å². The molecule has 190 valence electrons. The van der Waals surface area contributed by atoms with E-state index in [4.69, 9.17) is 9.40 Å². The van der Waals surface area contributed by atoms with Crippen LogP contribution in [0.15, 0.2) is 57.8 Å². The summed E-state index contributed by atoms with van der Waals surface area (Å²) in [5, 5.41) is 9.78. The maximum absolute atomic E-state index is 13.8. The van der Waals surface area contributed by atoms with Crippen molar-refractivity contribution in [2.75, 3.05) is 18.0 Å². The molecular formula is C28H26BrF2N5O. The summed E-state index contributed by atoms with van der Waals surface area (Å²) in [6, 6.07) is 10.0. The van der Waals surface area contributed by atoms with Crippen LogP contribution in [-0.2, 0) is 0 Å². The number of halogens is 3.